The molecule has 2 fully saturated rings. The molecule has 0 saturated carbocycles. The van der Waals surface area contributed by atoms with Gasteiger partial charge in [0.05, 0.1) is 11.4 Å². The monoisotopic (exact) mass is 397 g/mol. The van der Waals surface area contributed by atoms with Gasteiger partial charge in [0, 0.05) is 30.7 Å². The minimum Gasteiger partial charge on any atom is -0.507 e. The van der Waals surface area contributed by atoms with Gasteiger partial charge in [0.15, 0.2) is 5.82 Å². The van der Waals surface area contributed by atoms with Crippen LogP contribution in [0.15, 0.2) is 35.3 Å². The molecule has 156 valence electrons. The summed E-state index contributed by atoms with van der Waals surface area (Å²) in [6, 6.07) is 9.35. The molecule has 2 aliphatic rings. The van der Waals surface area contributed by atoms with Crippen molar-refractivity contribution in [2.75, 3.05) is 23.7 Å². The van der Waals surface area contributed by atoms with Gasteiger partial charge in [-0.2, -0.15) is 0 Å². The fourth-order valence-corrected chi connectivity index (χ4v) is 3.99. The Balaban J connectivity index is 0.000000970. The molecule has 0 aliphatic carbocycles. The van der Waals surface area contributed by atoms with Crippen molar-refractivity contribution in [1.29, 1.82) is 5.41 Å². The number of anilines is 2. The maximum Gasteiger partial charge on any atom is 0.217 e. The Kier molecular flexibility index (Phi) is 7.14. The highest BCUT2D eigenvalue weighted by atomic mass is 16.3. The smallest absolute Gasteiger partial charge is 0.217 e. The molecule has 4 N–H and O–H groups in total. The van der Waals surface area contributed by atoms with E-state index in [0.29, 0.717) is 17.1 Å². The topological polar surface area (TPSA) is 115 Å². The fraction of sp³-hybridized carbons (Fsp3) is 0.429. The number of hydrogen-bond acceptors (Lipinski definition) is 6. The lowest BCUT2D eigenvalue weighted by atomic mass is 10.1. The Morgan fingerprint density at radius 1 is 1.21 bits per heavy atom. The number of aromatic hydroxyl groups is 1. The van der Waals surface area contributed by atoms with Crippen LogP contribution in [0.1, 0.15) is 34.1 Å². The third-order valence-corrected chi connectivity index (χ3v) is 5.20. The van der Waals surface area contributed by atoms with E-state index in [2.05, 4.69) is 31.7 Å². The van der Waals surface area contributed by atoms with E-state index in [1.165, 1.54) is 0 Å². The van der Waals surface area contributed by atoms with Gasteiger partial charge in [-0.05, 0) is 37.8 Å². The Morgan fingerprint density at radius 2 is 1.83 bits per heavy atom. The number of aliphatic imine (C=N–C) groups is 1. The predicted octanol–water partition coefficient (Wildman–Crippen LogP) is 3.38. The van der Waals surface area contributed by atoms with Gasteiger partial charge in [-0.1, -0.05) is 33.4 Å². The molecule has 29 heavy (non-hydrogen) atoms. The third kappa shape index (κ3) is 4.16. The first kappa shape index (κ1) is 22.1. The average Bonchev–Trinajstić information content (AvgIpc) is 2.99. The summed E-state index contributed by atoms with van der Waals surface area (Å²) < 4.78 is 0. The van der Waals surface area contributed by atoms with Crippen LogP contribution in [-0.2, 0) is 0 Å². The van der Waals surface area contributed by atoms with E-state index in [-0.39, 0.29) is 31.2 Å². The van der Waals surface area contributed by atoms with E-state index in [1.54, 1.807) is 18.2 Å². The molecule has 2 saturated heterocycles. The van der Waals surface area contributed by atoms with Crippen LogP contribution >= 0.6 is 0 Å². The minimum atomic E-state index is 0. The number of nitrogens with two attached hydrogens (primary N) is 1. The van der Waals surface area contributed by atoms with E-state index >= 15 is 0 Å². The van der Waals surface area contributed by atoms with Gasteiger partial charge < -0.3 is 20.6 Å². The second-order valence-electron chi connectivity index (χ2n) is 6.70. The number of phenolic OH excluding ortho intramolecular Hbond substituents is 1. The fourth-order valence-electron chi connectivity index (χ4n) is 3.99. The molecule has 2 unspecified atom stereocenters. The van der Waals surface area contributed by atoms with Crippen molar-refractivity contribution in [1.82, 2.24) is 15.1 Å². The van der Waals surface area contributed by atoms with Gasteiger partial charge in [-0.25, -0.2) is 4.99 Å². The highest BCUT2D eigenvalue weighted by molar-refractivity contribution is 5.83. The number of nitrogens with zero attached hydrogens (tertiary/aromatic N) is 5. The number of rotatable bonds is 2. The molecule has 4 rings (SSSR count). The SMILES string of the molecule is C.C=NC(=N)N1C2CCC1CN(c1cc(-c3ccccc3O)nnc1N)C2.CC. The van der Waals surface area contributed by atoms with Crippen LogP contribution in [0.5, 0.6) is 5.75 Å². The molecule has 2 atom stereocenters. The normalized spacial score (nSPS) is 19.7. The van der Waals surface area contributed by atoms with Gasteiger partial charge in [-0.15, -0.1) is 10.2 Å². The third-order valence-electron chi connectivity index (χ3n) is 5.20. The molecule has 3 heterocycles. The average molecular weight is 398 g/mol. The van der Waals surface area contributed by atoms with Crippen LogP contribution in [0.25, 0.3) is 11.3 Å². The van der Waals surface area contributed by atoms with E-state index < -0.39 is 0 Å². The van der Waals surface area contributed by atoms with Gasteiger partial charge in [-0.3, -0.25) is 5.41 Å². The van der Waals surface area contributed by atoms with Gasteiger partial charge in [0.25, 0.3) is 0 Å². The van der Waals surface area contributed by atoms with Crippen LogP contribution in [0.3, 0.4) is 0 Å². The first-order chi connectivity index (χ1) is 13.6. The van der Waals surface area contributed by atoms with Gasteiger partial charge in [0.1, 0.15) is 5.75 Å². The minimum absolute atomic E-state index is 0. The van der Waals surface area contributed by atoms with Crippen molar-refractivity contribution in [2.24, 2.45) is 4.99 Å². The summed E-state index contributed by atoms with van der Waals surface area (Å²) in [4.78, 5) is 8.05. The summed E-state index contributed by atoms with van der Waals surface area (Å²) in [6.07, 6.45) is 2.04. The van der Waals surface area contributed by atoms with E-state index in [4.69, 9.17) is 11.1 Å². The van der Waals surface area contributed by atoms with Gasteiger partial charge >= 0.3 is 0 Å². The maximum absolute atomic E-state index is 10.1. The van der Waals surface area contributed by atoms with Crippen molar-refractivity contribution < 1.29 is 5.11 Å². The molecular formula is C21H31N7O. The molecule has 0 spiro atoms. The molecule has 2 bridgehead atoms. The first-order valence-corrected chi connectivity index (χ1v) is 9.58. The number of nitrogen functional groups attached to an aromatic ring is 1. The summed E-state index contributed by atoms with van der Waals surface area (Å²) in [5, 5.41) is 26.4. The van der Waals surface area contributed by atoms with Crippen LogP contribution in [0.4, 0.5) is 11.5 Å². The number of nitrogens with one attached hydrogen (secondary N) is 1. The van der Waals surface area contributed by atoms with Crippen molar-refractivity contribution in [2.45, 2.75) is 46.2 Å². The Morgan fingerprint density at radius 3 is 2.41 bits per heavy atom. The van der Waals surface area contributed by atoms with Crippen molar-refractivity contribution in [3.8, 4) is 17.0 Å². The summed E-state index contributed by atoms with van der Waals surface area (Å²) in [5.74, 6) is 0.773. The molecule has 2 aliphatic heterocycles. The van der Waals surface area contributed by atoms with Crippen molar-refractivity contribution >= 4 is 24.2 Å². The lowest BCUT2D eigenvalue weighted by Gasteiger charge is -2.42. The Labute approximate surface area is 172 Å². The number of guanidine groups is 1. The molecule has 0 radical (unpaired) electrons. The molecule has 8 heteroatoms. The zero-order valence-corrected chi connectivity index (χ0v) is 16.3. The molecule has 0 amide bonds. The first-order valence-electron chi connectivity index (χ1n) is 9.58. The van der Waals surface area contributed by atoms with E-state index in [9.17, 15) is 5.11 Å². The predicted molar refractivity (Wildman–Crippen MR) is 120 cm³/mol. The second-order valence-corrected chi connectivity index (χ2v) is 6.70. The zero-order chi connectivity index (χ0) is 20.3. The summed E-state index contributed by atoms with van der Waals surface area (Å²) in [5.41, 5.74) is 8.13. The van der Waals surface area contributed by atoms with Crippen LogP contribution in [0.2, 0.25) is 0 Å². The molecule has 8 nitrogen and oxygen atoms in total. The Hall–Kier alpha value is -3.16. The van der Waals surface area contributed by atoms with E-state index in [1.807, 2.05) is 26.0 Å². The molecular weight excluding hydrogens is 366 g/mol. The largest absolute Gasteiger partial charge is 0.507 e. The lowest BCUT2D eigenvalue weighted by molar-refractivity contribution is 0.272. The van der Waals surface area contributed by atoms with Crippen LogP contribution < -0.4 is 10.6 Å². The molecule has 2 aromatic rings. The molecule has 1 aromatic heterocycles. The van der Waals surface area contributed by atoms with E-state index in [0.717, 1.165) is 31.6 Å². The number of para-hydroxylation sites is 1. The summed E-state index contributed by atoms with van der Waals surface area (Å²) in [6.45, 7) is 8.97. The maximum atomic E-state index is 10.1. The second kappa shape index (κ2) is 9.36. The Bertz CT molecular complexity index is 856. The number of fused-ring (bicyclic) bond motifs is 2. The number of hydrogen-bond donors (Lipinski definition) is 3. The van der Waals surface area contributed by atoms with Crippen molar-refractivity contribution in [3.05, 3.63) is 30.3 Å². The number of benzene rings is 1. The number of aromatic nitrogens is 2. The van der Waals surface area contributed by atoms with Crippen LogP contribution in [-0.4, -0.2) is 58.1 Å². The lowest BCUT2D eigenvalue weighted by Crippen LogP contribution is -2.55. The van der Waals surface area contributed by atoms with Crippen molar-refractivity contribution in [3.63, 3.8) is 0 Å². The quantitative estimate of drug-likeness (QED) is 0.529. The number of phenols is 1. The van der Waals surface area contributed by atoms with Gasteiger partial charge in [0.2, 0.25) is 5.96 Å². The number of piperazine rings is 1. The highest BCUT2D eigenvalue weighted by Gasteiger charge is 2.41. The zero-order valence-electron chi connectivity index (χ0n) is 16.3. The highest BCUT2D eigenvalue weighted by Crippen LogP contribution is 2.36. The standard InChI is InChI=1S/C18H21N7O.C2H6.CH4/c1-21-18(20)25-11-6-7-12(25)10-24(9-11)15-8-14(22-23-17(15)19)13-4-2-3-5-16(13)26;1-2;/h2-5,8,11-12,20,26H,1,6-7,9-10H2,(H2,19,23);1-2H3;1H4. The molecule has 1 aromatic carbocycles. The summed E-state index contributed by atoms with van der Waals surface area (Å²) in [7, 11) is 0. The summed E-state index contributed by atoms with van der Waals surface area (Å²) >= 11 is 0. The van der Waals surface area contributed by atoms with Crippen LogP contribution in [0, 0.1) is 5.41 Å².